The smallest absolute Gasteiger partial charge is 0.332 e. The van der Waals surface area contributed by atoms with E-state index in [-0.39, 0.29) is 12.4 Å². The summed E-state index contributed by atoms with van der Waals surface area (Å²) in [7, 11) is 3.26. The molecule has 0 atom stereocenters. The number of ether oxygens (including phenoxy) is 7. The minimum Gasteiger partial charge on any atom is -0.497 e. The molecule has 0 aliphatic carbocycles. The van der Waals surface area contributed by atoms with E-state index in [2.05, 4.69) is 0 Å². The lowest BCUT2D eigenvalue weighted by Gasteiger charge is -2.19. The number of hydrogen-bond donors (Lipinski definition) is 0. The summed E-state index contributed by atoms with van der Waals surface area (Å²) in [5.41, 5.74) is 1.63. The number of thiophene rings is 1. The van der Waals surface area contributed by atoms with Gasteiger partial charge >= 0.3 is 5.97 Å². The third kappa shape index (κ3) is 10.0. The van der Waals surface area contributed by atoms with Gasteiger partial charge in [-0.15, -0.1) is 11.3 Å². The number of hydrogen-bond acceptors (Lipinski definition) is 10. The van der Waals surface area contributed by atoms with Gasteiger partial charge in [0.15, 0.2) is 5.78 Å². The maximum Gasteiger partial charge on any atom is 0.332 e. The van der Waals surface area contributed by atoms with Crippen molar-refractivity contribution in [1.29, 1.82) is 0 Å². The second-order valence-corrected chi connectivity index (χ2v) is 12.0. The van der Waals surface area contributed by atoms with Gasteiger partial charge in [-0.3, -0.25) is 4.79 Å². The molecule has 0 spiro atoms. The lowest BCUT2D eigenvalue weighted by molar-refractivity contribution is -0.160. The number of methoxy groups -OCH3 is 2. The molecule has 4 aromatic rings. The van der Waals surface area contributed by atoms with E-state index < -0.39 is 11.6 Å². The Morgan fingerprint density at radius 2 is 1.27 bits per heavy atom. The van der Waals surface area contributed by atoms with Crippen molar-refractivity contribution in [1.82, 2.24) is 0 Å². The summed E-state index contributed by atoms with van der Waals surface area (Å²) in [6.45, 7) is 7.51. The Labute approximate surface area is 267 Å². The number of rotatable bonds is 17. The minimum absolute atomic E-state index is 0.0673. The van der Waals surface area contributed by atoms with Gasteiger partial charge in [0.2, 0.25) is 0 Å². The number of esters is 1. The van der Waals surface area contributed by atoms with Crippen LogP contribution in [0.5, 0.6) is 17.2 Å². The normalized spacial score (nSPS) is 11.4. The van der Waals surface area contributed by atoms with Crippen molar-refractivity contribution in [2.75, 3.05) is 60.5 Å². The summed E-state index contributed by atoms with van der Waals surface area (Å²) in [5.74, 6) is 1.67. The molecule has 240 valence electrons. The monoisotopic (exact) mass is 636 g/mol. The van der Waals surface area contributed by atoms with Crippen LogP contribution in [0.2, 0.25) is 0 Å². The number of carbonyl (C=O) groups excluding carboxylic acids is 2. The van der Waals surface area contributed by atoms with Crippen molar-refractivity contribution < 1.29 is 42.7 Å². The molecule has 0 radical (unpaired) electrons. The van der Waals surface area contributed by atoms with Gasteiger partial charge in [0.25, 0.3) is 0 Å². The fourth-order valence-corrected chi connectivity index (χ4v) is 5.64. The first-order chi connectivity index (χ1) is 21.7. The first-order valence-corrected chi connectivity index (χ1v) is 15.5. The molecule has 0 aliphatic rings. The third-order valence-electron chi connectivity index (χ3n) is 6.47. The second-order valence-electron chi connectivity index (χ2n) is 11.0. The topological polar surface area (TPSA) is 98.8 Å². The van der Waals surface area contributed by atoms with E-state index in [0.29, 0.717) is 56.5 Å². The van der Waals surface area contributed by atoms with Crippen LogP contribution < -0.4 is 14.2 Å². The summed E-state index contributed by atoms with van der Waals surface area (Å²) in [6, 6.07) is 20.6. The molecule has 9 nitrogen and oxygen atoms in total. The fraction of sp³-hybridized carbons (Fsp3) is 0.371. The standard InChI is InChI=1S/C35H40O9S/c1-35(2,3)44-31(36)23-42-19-18-40-16-17-41-20-21-43-27-12-6-24(7-13-27)33(37)32-29-15-14-28(39-5)22-30(29)45-34(32)25-8-10-26(38-4)11-9-25/h6-15,22H,16-21,23H2,1-5H3. The van der Waals surface area contributed by atoms with Crippen molar-refractivity contribution in [2.24, 2.45) is 0 Å². The maximum absolute atomic E-state index is 13.9. The molecule has 0 saturated carbocycles. The minimum atomic E-state index is -0.528. The van der Waals surface area contributed by atoms with Crippen LogP contribution in [0.4, 0.5) is 0 Å². The lowest BCUT2D eigenvalue weighted by Crippen LogP contribution is -2.27. The van der Waals surface area contributed by atoms with Gasteiger partial charge in [0.1, 0.15) is 36.1 Å². The molecule has 0 unspecified atom stereocenters. The zero-order chi connectivity index (χ0) is 32.2. The van der Waals surface area contributed by atoms with Crippen molar-refractivity contribution >= 4 is 33.2 Å². The Morgan fingerprint density at radius 3 is 1.89 bits per heavy atom. The quantitative estimate of drug-likeness (QED) is 0.0722. The van der Waals surface area contributed by atoms with Crippen LogP contribution in [0.3, 0.4) is 0 Å². The highest BCUT2D eigenvalue weighted by Gasteiger charge is 2.22. The van der Waals surface area contributed by atoms with Crippen LogP contribution in [0, 0.1) is 0 Å². The number of carbonyl (C=O) groups is 2. The zero-order valence-corrected chi connectivity index (χ0v) is 27.2. The molecule has 0 fully saturated rings. The highest BCUT2D eigenvalue weighted by Crippen LogP contribution is 2.41. The zero-order valence-electron chi connectivity index (χ0n) is 26.4. The largest absolute Gasteiger partial charge is 0.497 e. The molecule has 3 aromatic carbocycles. The van der Waals surface area contributed by atoms with Crippen molar-refractivity contribution in [3.8, 4) is 27.7 Å². The van der Waals surface area contributed by atoms with Crippen LogP contribution >= 0.6 is 11.3 Å². The summed E-state index contributed by atoms with van der Waals surface area (Å²) < 4.78 is 38.9. The molecular weight excluding hydrogens is 596 g/mol. The lowest BCUT2D eigenvalue weighted by atomic mass is 9.97. The molecule has 0 bridgehead atoms. The Kier molecular flexibility index (Phi) is 12.3. The summed E-state index contributed by atoms with van der Waals surface area (Å²) in [5, 5.41) is 0.881. The van der Waals surface area contributed by atoms with Crippen molar-refractivity contribution in [2.45, 2.75) is 26.4 Å². The molecular formula is C35H40O9S. The van der Waals surface area contributed by atoms with Crippen molar-refractivity contribution in [3.05, 3.63) is 77.9 Å². The van der Waals surface area contributed by atoms with E-state index in [1.54, 1.807) is 49.8 Å². The predicted octanol–water partition coefficient (Wildman–Crippen LogP) is 6.59. The molecule has 0 saturated heterocycles. The van der Waals surface area contributed by atoms with Gasteiger partial charge in [-0.2, -0.15) is 0 Å². The summed E-state index contributed by atoms with van der Waals surface area (Å²) in [4.78, 5) is 26.4. The summed E-state index contributed by atoms with van der Waals surface area (Å²) >= 11 is 1.56. The van der Waals surface area contributed by atoms with Gasteiger partial charge in [0.05, 0.1) is 47.3 Å². The van der Waals surface area contributed by atoms with Gasteiger partial charge in [-0.25, -0.2) is 4.79 Å². The SMILES string of the molecule is COc1ccc(-c2sc3cc(OC)ccc3c2C(=O)c2ccc(OCCOCCOCCOCC(=O)OC(C)(C)C)cc2)cc1. The van der Waals surface area contributed by atoms with E-state index in [1.807, 2.05) is 63.2 Å². The molecule has 0 amide bonds. The van der Waals surface area contributed by atoms with Crippen LogP contribution in [0.25, 0.3) is 20.5 Å². The number of benzene rings is 3. The molecule has 10 heteroatoms. The highest BCUT2D eigenvalue weighted by molar-refractivity contribution is 7.22. The van der Waals surface area contributed by atoms with Gasteiger partial charge in [-0.1, -0.05) is 0 Å². The van der Waals surface area contributed by atoms with Gasteiger partial charge < -0.3 is 33.2 Å². The van der Waals surface area contributed by atoms with Crippen LogP contribution in [-0.2, 0) is 23.7 Å². The Balaban J connectivity index is 1.24. The molecule has 45 heavy (non-hydrogen) atoms. The second kappa shape index (κ2) is 16.4. The third-order valence-corrected chi connectivity index (χ3v) is 7.67. The fourth-order valence-electron chi connectivity index (χ4n) is 4.41. The van der Waals surface area contributed by atoms with Crippen molar-refractivity contribution in [3.63, 3.8) is 0 Å². The van der Waals surface area contributed by atoms with Gasteiger partial charge in [-0.05, 0) is 93.1 Å². The molecule has 0 aliphatic heterocycles. The average molecular weight is 637 g/mol. The molecule has 4 rings (SSSR count). The highest BCUT2D eigenvalue weighted by atomic mass is 32.1. The van der Waals surface area contributed by atoms with E-state index in [4.69, 9.17) is 33.2 Å². The Morgan fingerprint density at radius 1 is 0.689 bits per heavy atom. The number of fused-ring (bicyclic) bond motifs is 1. The first kappa shape index (κ1) is 33.9. The first-order valence-electron chi connectivity index (χ1n) is 14.7. The van der Waals surface area contributed by atoms with E-state index in [9.17, 15) is 9.59 Å². The number of ketones is 1. The van der Waals surface area contributed by atoms with Crippen LogP contribution in [-0.4, -0.2) is 77.8 Å². The molecule has 1 aromatic heterocycles. The van der Waals surface area contributed by atoms with Crippen LogP contribution in [0.15, 0.2) is 66.7 Å². The molecule has 1 heterocycles. The van der Waals surface area contributed by atoms with E-state index in [0.717, 1.165) is 32.0 Å². The van der Waals surface area contributed by atoms with E-state index in [1.165, 1.54) is 0 Å². The predicted molar refractivity (Wildman–Crippen MR) is 174 cm³/mol. The van der Waals surface area contributed by atoms with Gasteiger partial charge in [0, 0.05) is 26.1 Å². The Bertz CT molecular complexity index is 1540. The maximum atomic E-state index is 13.9. The summed E-state index contributed by atoms with van der Waals surface area (Å²) in [6.07, 6.45) is 0. The molecule has 0 N–H and O–H groups in total. The average Bonchev–Trinajstić information content (AvgIpc) is 3.41. The van der Waals surface area contributed by atoms with E-state index >= 15 is 0 Å². The van der Waals surface area contributed by atoms with Crippen LogP contribution in [0.1, 0.15) is 36.7 Å². The Hall–Kier alpha value is -3.96.